The van der Waals surface area contributed by atoms with E-state index in [4.69, 9.17) is 4.74 Å². The fourth-order valence-electron chi connectivity index (χ4n) is 2.68. The zero-order chi connectivity index (χ0) is 16.4. The molecule has 1 aromatic carbocycles. The van der Waals surface area contributed by atoms with Crippen molar-refractivity contribution in [1.29, 1.82) is 0 Å². The standard InChI is InChI=1S/C15H18FN3O3S/c1-2-22-15-4-3-13(10-14(15)16)23(20,21)18-11-6-8-19-12(9-11)5-7-17-19/h3-5,7,10-11,18H,2,6,8-9H2,1H3. The highest BCUT2D eigenvalue weighted by Gasteiger charge is 2.25. The predicted octanol–water partition coefficient (Wildman–Crippen LogP) is 1.71. The summed E-state index contributed by atoms with van der Waals surface area (Å²) < 4.78 is 48.3. The third-order valence-corrected chi connectivity index (χ3v) is 5.30. The summed E-state index contributed by atoms with van der Waals surface area (Å²) in [7, 11) is -3.77. The topological polar surface area (TPSA) is 73.2 Å². The van der Waals surface area contributed by atoms with Crippen molar-refractivity contribution in [2.75, 3.05) is 6.61 Å². The minimum atomic E-state index is -3.77. The van der Waals surface area contributed by atoms with Gasteiger partial charge in [0.2, 0.25) is 10.0 Å². The molecule has 0 saturated heterocycles. The van der Waals surface area contributed by atoms with Crippen LogP contribution in [0.2, 0.25) is 0 Å². The molecule has 3 rings (SSSR count). The molecule has 0 saturated carbocycles. The van der Waals surface area contributed by atoms with Gasteiger partial charge in [0.15, 0.2) is 11.6 Å². The van der Waals surface area contributed by atoms with Gasteiger partial charge in [0.25, 0.3) is 0 Å². The van der Waals surface area contributed by atoms with Crippen molar-refractivity contribution in [2.45, 2.75) is 37.2 Å². The third kappa shape index (κ3) is 3.37. The Morgan fingerprint density at radius 1 is 1.43 bits per heavy atom. The average molecular weight is 339 g/mol. The fraction of sp³-hybridized carbons (Fsp3) is 0.400. The van der Waals surface area contributed by atoms with Crippen molar-refractivity contribution in [2.24, 2.45) is 0 Å². The van der Waals surface area contributed by atoms with Crippen molar-refractivity contribution < 1.29 is 17.5 Å². The van der Waals surface area contributed by atoms with Crippen LogP contribution in [0.4, 0.5) is 4.39 Å². The Kier molecular flexibility index (Phi) is 4.36. The minimum Gasteiger partial charge on any atom is -0.491 e. The first kappa shape index (κ1) is 15.9. The van der Waals surface area contributed by atoms with Crippen LogP contribution in [-0.2, 0) is 23.0 Å². The Morgan fingerprint density at radius 3 is 3.00 bits per heavy atom. The van der Waals surface area contributed by atoms with E-state index in [1.165, 1.54) is 12.1 Å². The van der Waals surface area contributed by atoms with E-state index in [0.29, 0.717) is 26.0 Å². The SMILES string of the molecule is CCOc1ccc(S(=O)(=O)NC2CCn3nccc3C2)cc1F. The maximum absolute atomic E-state index is 13.9. The van der Waals surface area contributed by atoms with Gasteiger partial charge >= 0.3 is 0 Å². The van der Waals surface area contributed by atoms with Crippen molar-refractivity contribution in [3.05, 3.63) is 42.0 Å². The van der Waals surface area contributed by atoms with Crippen molar-refractivity contribution in [3.63, 3.8) is 0 Å². The maximum atomic E-state index is 13.9. The summed E-state index contributed by atoms with van der Waals surface area (Å²) in [5.74, 6) is -0.635. The molecule has 0 aliphatic carbocycles. The van der Waals surface area contributed by atoms with Crippen LogP contribution in [0, 0.1) is 5.82 Å². The second-order valence-corrected chi connectivity index (χ2v) is 7.10. The van der Waals surface area contributed by atoms with E-state index in [2.05, 4.69) is 9.82 Å². The quantitative estimate of drug-likeness (QED) is 0.900. The van der Waals surface area contributed by atoms with Gasteiger partial charge in [-0.05, 0) is 37.6 Å². The third-order valence-electron chi connectivity index (χ3n) is 3.78. The van der Waals surface area contributed by atoms with E-state index in [-0.39, 0.29) is 16.7 Å². The summed E-state index contributed by atoms with van der Waals surface area (Å²) in [5, 5.41) is 4.16. The van der Waals surface area contributed by atoms with Gasteiger partial charge in [-0.1, -0.05) is 0 Å². The number of hydrogen-bond acceptors (Lipinski definition) is 4. The lowest BCUT2D eigenvalue weighted by atomic mass is 10.1. The molecule has 0 spiro atoms. The number of fused-ring (bicyclic) bond motifs is 1. The summed E-state index contributed by atoms with van der Waals surface area (Å²) in [5.41, 5.74) is 0.988. The number of halogens is 1. The molecular formula is C15H18FN3O3S. The van der Waals surface area contributed by atoms with Crippen LogP contribution in [-0.4, -0.2) is 30.8 Å². The molecule has 0 radical (unpaired) electrons. The first-order chi connectivity index (χ1) is 11.0. The lowest BCUT2D eigenvalue weighted by molar-refractivity contribution is 0.321. The molecule has 8 heteroatoms. The van der Waals surface area contributed by atoms with Crippen molar-refractivity contribution in [3.8, 4) is 5.75 Å². The number of benzene rings is 1. The van der Waals surface area contributed by atoms with Gasteiger partial charge in [0, 0.05) is 30.9 Å². The molecule has 0 bridgehead atoms. The van der Waals surface area contributed by atoms with Gasteiger partial charge in [0.1, 0.15) is 0 Å². The number of aryl methyl sites for hydroxylation is 1. The average Bonchev–Trinajstić information content (AvgIpc) is 2.96. The van der Waals surface area contributed by atoms with E-state index in [1.54, 1.807) is 13.1 Å². The summed E-state index contributed by atoms with van der Waals surface area (Å²) in [6.07, 6.45) is 2.92. The molecule has 0 amide bonds. The largest absolute Gasteiger partial charge is 0.491 e. The summed E-state index contributed by atoms with van der Waals surface area (Å²) in [4.78, 5) is -0.0995. The zero-order valence-corrected chi connectivity index (χ0v) is 13.5. The van der Waals surface area contributed by atoms with Crippen molar-refractivity contribution in [1.82, 2.24) is 14.5 Å². The Bertz CT molecular complexity index is 804. The molecule has 1 atom stereocenters. The van der Waals surface area contributed by atoms with Gasteiger partial charge in [0.05, 0.1) is 11.5 Å². The maximum Gasteiger partial charge on any atom is 0.240 e. The van der Waals surface area contributed by atoms with Gasteiger partial charge in [-0.15, -0.1) is 0 Å². The van der Waals surface area contributed by atoms with E-state index in [9.17, 15) is 12.8 Å². The van der Waals surface area contributed by atoms with Crippen LogP contribution in [0.5, 0.6) is 5.75 Å². The number of sulfonamides is 1. The molecule has 1 N–H and O–H groups in total. The number of rotatable bonds is 5. The van der Waals surface area contributed by atoms with E-state index < -0.39 is 15.8 Å². The summed E-state index contributed by atoms with van der Waals surface area (Å²) in [6, 6.07) is 5.32. The van der Waals surface area contributed by atoms with E-state index in [0.717, 1.165) is 11.8 Å². The number of aromatic nitrogens is 2. The Morgan fingerprint density at radius 2 is 2.26 bits per heavy atom. The summed E-state index contributed by atoms with van der Waals surface area (Å²) >= 11 is 0. The normalized spacial score (nSPS) is 17.7. The lowest BCUT2D eigenvalue weighted by Crippen LogP contribution is -2.40. The van der Waals surface area contributed by atoms with Crippen LogP contribution in [0.15, 0.2) is 35.4 Å². The second kappa shape index (κ2) is 6.29. The molecule has 2 heterocycles. The summed E-state index contributed by atoms with van der Waals surface area (Å²) in [6.45, 7) is 2.71. The number of ether oxygens (including phenoxy) is 1. The predicted molar refractivity (Wildman–Crippen MR) is 82.2 cm³/mol. The smallest absolute Gasteiger partial charge is 0.240 e. The van der Waals surface area contributed by atoms with Crippen LogP contribution in [0.1, 0.15) is 19.0 Å². The molecule has 1 aliphatic heterocycles. The highest BCUT2D eigenvalue weighted by atomic mass is 32.2. The molecule has 124 valence electrons. The first-order valence-corrected chi connectivity index (χ1v) is 8.93. The van der Waals surface area contributed by atoms with E-state index >= 15 is 0 Å². The van der Waals surface area contributed by atoms with Gasteiger partial charge in [-0.2, -0.15) is 5.10 Å². The van der Waals surface area contributed by atoms with E-state index in [1.807, 2.05) is 10.7 Å². The Labute approximate surface area is 134 Å². The molecule has 0 fully saturated rings. The fourth-order valence-corrected chi connectivity index (χ4v) is 3.96. The monoisotopic (exact) mass is 339 g/mol. The lowest BCUT2D eigenvalue weighted by Gasteiger charge is -2.24. The van der Waals surface area contributed by atoms with Crippen LogP contribution < -0.4 is 9.46 Å². The highest BCUT2D eigenvalue weighted by molar-refractivity contribution is 7.89. The Hall–Kier alpha value is -1.93. The molecule has 2 aromatic rings. The number of hydrogen-bond donors (Lipinski definition) is 1. The number of nitrogens with one attached hydrogen (secondary N) is 1. The Balaban J connectivity index is 1.76. The molecule has 6 nitrogen and oxygen atoms in total. The van der Waals surface area contributed by atoms with Crippen LogP contribution >= 0.6 is 0 Å². The van der Waals surface area contributed by atoms with Crippen molar-refractivity contribution >= 4 is 10.0 Å². The van der Waals surface area contributed by atoms with Gasteiger partial charge in [-0.25, -0.2) is 17.5 Å². The van der Waals surface area contributed by atoms with Crippen LogP contribution in [0.3, 0.4) is 0 Å². The van der Waals surface area contributed by atoms with Crippen LogP contribution in [0.25, 0.3) is 0 Å². The zero-order valence-electron chi connectivity index (χ0n) is 12.7. The molecule has 1 aliphatic rings. The van der Waals surface area contributed by atoms with Gasteiger partial charge in [-0.3, -0.25) is 4.68 Å². The molecule has 1 unspecified atom stereocenters. The highest BCUT2D eigenvalue weighted by Crippen LogP contribution is 2.22. The first-order valence-electron chi connectivity index (χ1n) is 7.45. The molecule has 23 heavy (non-hydrogen) atoms. The number of nitrogens with zero attached hydrogens (tertiary/aromatic N) is 2. The molecular weight excluding hydrogens is 321 g/mol. The minimum absolute atomic E-state index is 0.0491. The van der Waals surface area contributed by atoms with Gasteiger partial charge < -0.3 is 4.74 Å². The second-order valence-electron chi connectivity index (χ2n) is 5.38. The molecule has 1 aromatic heterocycles.